The van der Waals surface area contributed by atoms with E-state index in [4.69, 9.17) is 16.0 Å². The molecular weight excluding hydrogens is 374 g/mol. The van der Waals surface area contributed by atoms with Crippen molar-refractivity contribution in [2.75, 3.05) is 24.3 Å². The number of aromatic nitrogens is 1. The van der Waals surface area contributed by atoms with E-state index in [0.29, 0.717) is 33.3 Å². The van der Waals surface area contributed by atoms with E-state index in [1.54, 1.807) is 42.5 Å². The molecule has 0 unspecified atom stereocenters. The van der Waals surface area contributed by atoms with Gasteiger partial charge in [0.25, 0.3) is 5.91 Å². The van der Waals surface area contributed by atoms with Gasteiger partial charge in [0.1, 0.15) is 5.52 Å². The van der Waals surface area contributed by atoms with Crippen molar-refractivity contribution in [3.63, 3.8) is 0 Å². The molecule has 3 aromatic carbocycles. The Morgan fingerprint density at radius 1 is 1.00 bits per heavy atom. The number of hydrogen-bond acceptors (Lipinski definition) is 4. The molecule has 5 nitrogen and oxygen atoms in total. The number of hydrogen-bond donors (Lipinski definition) is 1. The summed E-state index contributed by atoms with van der Waals surface area (Å²) in [7, 11) is 3.92. The van der Waals surface area contributed by atoms with Gasteiger partial charge >= 0.3 is 0 Å². The monoisotopic (exact) mass is 391 g/mol. The van der Waals surface area contributed by atoms with Crippen LogP contribution in [0.15, 0.2) is 71.1 Å². The highest BCUT2D eigenvalue weighted by atomic mass is 35.5. The maximum absolute atomic E-state index is 12.5. The maximum atomic E-state index is 12.5. The zero-order valence-electron chi connectivity index (χ0n) is 15.4. The fraction of sp³-hybridized carbons (Fsp3) is 0.0909. The average Bonchev–Trinajstić information content (AvgIpc) is 3.12. The maximum Gasteiger partial charge on any atom is 0.255 e. The van der Waals surface area contributed by atoms with Gasteiger partial charge in [-0.15, -0.1) is 0 Å². The number of halogens is 1. The third-order valence-electron chi connectivity index (χ3n) is 4.38. The van der Waals surface area contributed by atoms with Crippen molar-refractivity contribution in [3.05, 3.63) is 77.3 Å². The smallest absolute Gasteiger partial charge is 0.255 e. The van der Waals surface area contributed by atoms with Crippen molar-refractivity contribution < 1.29 is 9.21 Å². The minimum absolute atomic E-state index is 0.175. The zero-order valence-corrected chi connectivity index (χ0v) is 16.2. The lowest BCUT2D eigenvalue weighted by Crippen LogP contribution is -2.13. The molecule has 1 N–H and O–H groups in total. The molecule has 0 radical (unpaired) electrons. The lowest BCUT2D eigenvalue weighted by Gasteiger charge is -2.12. The molecule has 1 heterocycles. The van der Waals surface area contributed by atoms with Gasteiger partial charge in [-0.3, -0.25) is 4.79 Å². The highest BCUT2D eigenvalue weighted by Gasteiger charge is 2.11. The summed E-state index contributed by atoms with van der Waals surface area (Å²) in [6, 6.07) is 20.1. The van der Waals surface area contributed by atoms with Crippen LogP contribution in [-0.2, 0) is 0 Å². The molecule has 4 aromatic rings. The first kappa shape index (κ1) is 18.1. The normalized spacial score (nSPS) is 10.8. The van der Waals surface area contributed by atoms with Crippen LogP contribution >= 0.6 is 11.6 Å². The summed E-state index contributed by atoms with van der Waals surface area (Å²) in [4.78, 5) is 19.0. The molecule has 0 bridgehead atoms. The highest BCUT2D eigenvalue weighted by Crippen LogP contribution is 2.27. The van der Waals surface area contributed by atoms with E-state index in [-0.39, 0.29) is 5.91 Å². The Bertz CT molecular complexity index is 1130. The lowest BCUT2D eigenvalue weighted by molar-refractivity contribution is 0.102. The predicted octanol–water partition coefficient (Wildman–Crippen LogP) is 5.47. The Hall–Kier alpha value is -3.31. The van der Waals surface area contributed by atoms with E-state index in [0.717, 1.165) is 11.3 Å². The number of carbonyl (C=O) groups excluding carboxylic acids is 1. The summed E-state index contributed by atoms with van der Waals surface area (Å²) in [5, 5.41) is 3.56. The number of carbonyl (C=O) groups is 1. The molecule has 1 amide bonds. The van der Waals surface area contributed by atoms with Crippen LogP contribution in [0, 0.1) is 0 Å². The first-order valence-electron chi connectivity index (χ1n) is 8.75. The summed E-state index contributed by atoms with van der Waals surface area (Å²) in [6.45, 7) is 0. The number of nitrogens with one attached hydrogen (secondary N) is 1. The summed E-state index contributed by atoms with van der Waals surface area (Å²) in [6.07, 6.45) is 0. The van der Waals surface area contributed by atoms with Gasteiger partial charge in [0.05, 0.1) is 0 Å². The number of benzene rings is 3. The van der Waals surface area contributed by atoms with Crippen LogP contribution in [0.25, 0.3) is 22.6 Å². The fourth-order valence-corrected chi connectivity index (χ4v) is 2.96. The number of amides is 1. The molecule has 0 aliphatic carbocycles. The summed E-state index contributed by atoms with van der Waals surface area (Å²) >= 11 is 5.93. The molecule has 0 fully saturated rings. The molecule has 0 saturated heterocycles. The van der Waals surface area contributed by atoms with Crippen LogP contribution in [0.5, 0.6) is 0 Å². The summed E-state index contributed by atoms with van der Waals surface area (Å²) in [5.41, 5.74) is 4.45. The van der Waals surface area contributed by atoms with Crippen LogP contribution in [0.3, 0.4) is 0 Å². The Labute approximate surface area is 167 Å². The third kappa shape index (κ3) is 3.70. The molecule has 0 saturated carbocycles. The van der Waals surface area contributed by atoms with E-state index in [9.17, 15) is 4.79 Å². The first-order chi connectivity index (χ1) is 13.5. The number of rotatable bonds is 4. The van der Waals surface area contributed by atoms with Crippen molar-refractivity contribution in [1.29, 1.82) is 0 Å². The van der Waals surface area contributed by atoms with Gasteiger partial charge < -0.3 is 14.6 Å². The van der Waals surface area contributed by atoms with E-state index >= 15 is 0 Å². The number of fused-ring (bicyclic) bond motifs is 1. The molecular formula is C22H18ClN3O2. The SMILES string of the molecule is CN(C)c1ccc(C(=O)Nc2ccc3oc(-c4ccc(Cl)cc4)nc3c2)cc1. The molecule has 28 heavy (non-hydrogen) atoms. The Morgan fingerprint density at radius 2 is 1.71 bits per heavy atom. The van der Waals surface area contributed by atoms with Gasteiger partial charge in [-0.25, -0.2) is 4.98 Å². The second kappa shape index (κ2) is 7.37. The number of nitrogens with zero attached hydrogens (tertiary/aromatic N) is 2. The van der Waals surface area contributed by atoms with Gasteiger partial charge in [-0.2, -0.15) is 0 Å². The second-order valence-corrected chi connectivity index (χ2v) is 7.04. The van der Waals surface area contributed by atoms with Crippen molar-refractivity contribution in [1.82, 2.24) is 4.98 Å². The minimum atomic E-state index is -0.175. The van der Waals surface area contributed by atoms with Crippen LogP contribution in [0.2, 0.25) is 5.02 Å². The number of oxazole rings is 1. The van der Waals surface area contributed by atoms with Crippen molar-refractivity contribution in [3.8, 4) is 11.5 Å². The Kier molecular flexibility index (Phi) is 4.75. The van der Waals surface area contributed by atoms with Crippen molar-refractivity contribution in [2.24, 2.45) is 0 Å². The molecule has 0 atom stereocenters. The molecule has 0 spiro atoms. The molecule has 4 rings (SSSR count). The summed E-state index contributed by atoms with van der Waals surface area (Å²) < 4.78 is 5.80. The first-order valence-corrected chi connectivity index (χ1v) is 9.13. The van der Waals surface area contributed by atoms with E-state index in [1.807, 2.05) is 43.3 Å². The van der Waals surface area contributed by atoms with E-state index < -0.39 is 0 Å². The predicted molar refractivity (Wildman–Crippen MR) is 113 cm³/mol. The van der Waals surface area contributed by atoms with E-state index in [2.05, 4.69) is 10.3 Å². The zero-order chi connectivity index (χ0) is 19.7. The van der Waals surface area contributed by atoms with Crippen LogP contribution in [-0.4, -0.2) is 25.0 Å². The molecule has 6 heteroatoms. The quantitative estimate of drug-likeness (QED) is 0.501. The van der Waals surface area contributed by atoms with E-state index in [1.165, 1.54) is 0 Å². The van der Waals surface area contributed by atoms with Crippen LogP contribution in [0.4, 0.5) is 11.4 Å². The third-order valence-corrected chi connectivity index (χ3v) is 4.63. The highest BCUT2D eigenvalue weighted by molar-refractivity contribution is 6.30. The topological polar surface area (TPSA) is 58.4 Å². The minimum Gasteiger partial charge on any atom is -0.436 e. The Balaban J connectivity index is 1.55. The fourth-order valence-electron chi connectivity index (χ4n) is 2.84. The molecule has 140 valence electrons. The van der Waals surface area contributed by atoms with Gasteiger partial charge in [0, 0.05) is 41.6 Å². The second-order valence-electron chi connectivity index (χ2n) is 6.60. The average molecular weight is 392 g/mol. The van der Waals surface area contributed by atoms with Crippen LogP contribution in [0.1, 0.15) is 10.4 Å². The molecule has 0 aliphatic rings. The largest absolute Gasteiger partial charge is 0.436 e. The molecule has 1 aromatic heterocycles. The Morgan fingerprint density at radius 3 is 2.39 bits per heavy atom. The van der Waals surface area contributed by atoms with Gasteiger partial charge in [-0.1, -0.05) is 11.6 Å². The number of anilines is 2. The molecule has 0 aliphatic heterocycles. The lowest BCUT2D eigenvalue weighted by atomic mass is 10.2. The van der Waals surface area contributed by atoms with Gasteiger partial charge in [-0.05, 0) is 66.7 Å². The summed E-state index contributed by atoms with van der Waals surface area (Å²) in [5.74, 6) is 0.334. The van der Waals surface area contributed by atoms with Crippen molar-refractivity contribution >= 4 is 40.0 Å². The van der Waals surface area contributed by atoms with Crippen LogP contribution < -0.4 is 10.2 Å². The standard InChI is InChI=1S/C22H18ClN3O2/c1-26(2)18-10-5-14(6-11-18)21(27)24-17-9-12-20-19(13-17)25-22(28-20)15-3-7-16(23)8-4-15/h3-13H,1-2H3,(H,24,27). The van der Waals surface area contributed by atoms with Gasteiger partial charge in [0.2, 0.25) is 5.89 Å². The van der Waals surface area contributed by atoms with Crippen molar-refractivity contribution in [2.45, 2.75) is 0 Å². The van der Waals surface area contributed by atoms with Gasteiger partial charge in [0.15, 0.2) is 5.58 Å².